The normalized spacial score (nSPS) is 19.9. The number of rotatable bonds is 3. The fourth-order valence-corrected chi connectivity index (χ4v) is 2.35. The summed E-state index contributed by atoms with van der Waals surface area (Å²) in [6.07, 6.45) is 6.62. The van der Waals surface area contributed by atoms with Crippen LogP contribution < -0.4 is 0 Å². The minimum Gasteiger partial charge on any atom is -0.381 e. The standard InChI is InChI=1S/C13H14N2O2/c16-8-11-2-1-4-15-12(11)7-14-13(15)6-10-3-5-17-9-10/h1-2,4,7-8,10H,3,5-6,9H2. The van der Waals surface area contributed by atoms with Gasteiger partial charge in [-0.2, -0.15) is 0 Å². The molecule has 1 fully saturated rings. The molecule has 0 N–H and O–H groups in total. The van der Waals surface area contributed by atoms with Gasteiger partial charge in [0.25, 0.3) is 0 Å². The quantitative estimate of drug-likeness (QED) is 0.754. The van der Waals surface area contributed by atoms with Crippen LogP contribution in [0.25, 0.3) is 5.52 Å². The van der Waals surface area contributed by atoms with Gasteiger partial charge in [0, 0.05) is 31.4 Å². The van der Waals surface area contributed by atoms with E-state index in [9.17, 15) is 4.79 Å². The smallest absolute Gasteiger partial charge is 0.152 e. The molecule has 1 atom stereocenters. The number of ether oxygens (including phenoxy) is 1. The number of carbonyl (C=O) groups is 1. The second-order valence-electron chi connectivity index (χ2n) is 4.44. The number of aromatic nitrogens is 2. The van der Waals surface area contributed by atoms with Crippen molar-refractivity contribution in [3.8, 4) is 0 Å². The summed E-state index contributed by atoms with van der Waals surface area (Å²) in [7, 11) is 0. The average molecular weight is 230 g/mol. The molecule has 4 nitrogen and oxygen atoms in total. The summed E-state index contributed by atoms with van der Waals surface area (Å²) < 4.78 is 7.37. The van der Waals surface area contributed by atoms with E-state index in [0.717, 1.165) is 43.7 Å². The van der Waals surface area contributed by atoms with Crippen LogP contribution in [-0.2, 0) is 11.2 Å². The van der Waals surface area contributed by atoms with Crippen molar-refractivity contribution >= 4 is 11.8 Å². The molecule has 17 heavy (non-hydrogen) atoms. The van der Waals surface area contributed by atoms with Crippen LogP contribution in [0.2, 0.25) is 0 Å². The maximum absolute atomic E-state index is 10.9. The topological polar surface area (TPSA) is 43.6 Å². The van der Waals surface area contributed by atoms with Crippen molar-refractivity contribution < 1.29 is 9.53 Å². The molecule has 0 saturated carbocycles. The molecule has 0 spiro atoms. The summed E-state index contributed by atoms with van der Waals surface area (Å²) in [4.78, 5) is 15.3. The number of carbonyl (C=O) groups excluding carboxylic acids is 1. The zero-order valence-electron chi connectivity index (χ0n) is 9.50. The number of fused-ring (bicyclic) bond motifs is 1. The maximum atomic E-state index is 10.9. The molecule has 1 aliphatic rings. The van der Waals surface area contributed by atoms with Crippen molar-refractivity contribution in [1.82, 2.24) is 9.38 Å². The minimum atomic E-state index is 0.556. The van der Waals surface area contributed by atoms with Gasteiger partial charge in [-0.1, -0.05) is 0 Å². The van der Waals surface area contributed by atoms with Crippen molar-refractivity contribution in [2.75, 3.05) is 13.2 Å². The van der Waals surface area contributed by atoms with E-state index < -0.39 is 0 Å². The minimum absolute atomic E-state index is 0.556. The molecule has 3 heterocycles. The molecule has 0 aromatic carbocycles. The van der Waals surface area contributed by atoms with Gasteiger partial charge in [0.05, 0.1) is 11.7 Å². The van der Waals surface area contributed by atoms with Crippen molar-refractivity contribution in [2.24, 2.45) is 5.92 Å². The van der Waals surface area contributed by atoms with E-state index in [2.05, 4.69) is 4.98 Å². The van der Waals surface area contributed by atoms with Gasteiger partial charge in [-0.25, -0.2) is 4.98 Å². The van der Waals surface area contributed by atoms with Crippen LogP contribution in [0.3, 0.4) is 0 Å². The van der Waals surface area contributed by atoms with Gasteiger partial charge in [-0.3, -0.25) is 4.79 Å². The highest BCUT2D eigenvalue weighted by atomic mass is 16.5. The first-order valence-corrected chi connectivity index (χ1v) is 5.86. The van der Waals surface area contributed by atoms with Crippen LogP contribution in [0.1, 0.15) is 22.6 Å². The largest absolute Gasteiger partial charge is 0.381 e. The number of imidazole rings is 1. The second-order valence-corrected chi connectivity index (χ2v) is 4.44. The van der Waals surface area contributed by atoms with Gasteiger partial charge < -0.3 is 9.14 Å². The third-order valence-electron chi connectivity index (χ3n) is 3.30. The van der Waals surface area contributed by atoms with Crippen molar-refractivity contribution in [2.45, 2.75) is 12.8 Å². The highest BCUT2D eigenvalue weighted by molar-refractivity contribution is 5.85. The molecule has 3 rings (SSSR count). The number of aldehydes is 1. The van der Waals surface area contributed by atoms with Gasteiger partial charge in [0.1, 0.15) is 5.82 Å². The Kier molecular flexibility index (Phi) is 2.65. The van der Waals surface area contributed by atoms with Crippen LogP contribution in [0, 0.1) is 5.92 Å². The molecule has 88 valence electrons. The van der Waals surface area contributed by atoms with E-state index in [1.165, 1.54) is 0 Å². The Balaban J connectivity index is 1.97. The van der Waals surface area contributed by atoms with Crippen molar-refractivity contribution in [3.63, 3.8) is 0 Å². The monoisotopic (exact) mass is 230 g/mol. The van der Waals surface area contributed by atoms with Gasteiger partial charge in [-0.15, -0.1) is 0 Å². The molecule has 1 saturated heterocycles. The number of hydrogen-bond donors (Lipinski definition) is 0. The average Bonchev–Trinajstić information content (AvgIpc) is 2.99. The van der Waals surface area contributed by atoms with Crippen LogP contribution in [0.15, 0.2) is 24.5 Å². The summed E-state index contributed by atoms with van der Waals surface area (Å²) in [5.74, 6) is 1.57. The zero-order chi connectivity index (χ0) is 11.7. The first kappa shape index (κ1) is 10.5. The Morgan fingerprint density at radius 3 is 3.29 bits per heavy atom. The van der Waals surface area contributed by atoms with E-state index in [4.69, 9.17) is 4.74 Å². The molecule has 2 aromatic rings. The molecule has 0 bridgehead atoms. The van der Waals surface area contributed by atoms with Gasteiger partial charge >= 0.3 is 0 Å². The number of nitrogens with zero attached hydrogens (tertiary/aromatic N) is 2. The molecule has 1 unspecified atom stereocenters. The van der Waals surface area contributed by atoms with E-state index in [1.807, 2.05) is 22.7 Å². The molecule has 4 heteroatoms. The number of pyridine rings is 1. The third-order valence-corrected chi connectivity index (χ3v) is 3.30. The van der Waals surface area contributed by atoms with E-state index in [0.29, 0.717) is 11.5 Å². The summed E-state index contributed by atoms with van der Waals surface area (Å²) in [5.41, 5.74) is 1.57. The predicted octanol–water partition coefficient (Wildman–Crippen LogP) is 1.73. The lowest BCUT2D eigenvalue weighted by molar-refractivity contribution is 0.112. The molecule has 2 aromatic heterocycles. The molecule has 0 aliphatic carbocycles. The maximum Gasteiger partial charge on any atom is 0.152 e. The summed E-state index contributed by atoms with van der Waals surface area (Å²) >= 11 is 0. The Hall–Kier alpha value is -1.68. The summed E-state index contributed by atoms with van der Waals surface area (Å²) in [5, 5.41) is 0. The van der Waals surface area contributed by atoms with Crippen LogP contribution in [0.5, 0.6) is 0 Å². The third kappa shape index (κ3) is 1.85. The lowest BCUT2D eigenvalue weighted by atomic mass is 10.1. The first-order valence-electron chi connectivity index (χ1n) is 5.86. The molecule has 0 radical (unpaired) electrons. The Bertz CT molecular complexity index is 541. The molecule has 1 aliphatic heterocycles. The van der Waals surface area contributed by atoms with Crippen LogP contribution >= 0.6 is 0 Å². The molecule has 0 amide bonds. The van der Waals surface area contributed by atoms with Gasteiger partial charge in [0.2, 0.25) is 0 Å². The summed E-state index contributed by atoms with van der Waals surface area (Å²) in [6.45, 7) is 1.68. The SMILES string of the molecule is O=Cc1cccn2c(CC3CCOC3)ncc12. The van der Waals surface area contributed by atoms with E-state index in [1.54, 1.807) is 6.20 Å². The van der Waals surface area contributed by atoms with Crippen molar-refractivity contribution in [1.29, 1.82) is 0 Å². The van der Waals surface area contributed by atoms with Crippen LogP contribution in [-0.4, -0.2) is 28.9 Å². The molecular weight excluding hydrogens is 216 g/mol. The Labute approximate surface area is 99.2 Å². The van der Waals surface area contributed by atoms with Crippen LogP contribution in [0.4, 0.5) is 0 Å². The zero-order valence-corrected chi connectivity index (χ0v) is 9.50. The molecular formula is C13H14N2O2. The number of hydrogen-bond acceptors (Lipinski definition) is 3. The highest BCUT2D eigenvalue weighted by Crippen LogP contribution is 2.19. The van der Waals surface area contributed by atoms with Gasteiger partial charge in [0.15, 0.2) is 6.29 Å². The predicted molar refractivity (Wildman–Crippen MR) is 63.2 cm³/mol. The fraction of sp³-hybridized carbons (Fsp3) is 0.385. The highest BCUT2D eigenvalue weighted by Gasteiger charge is 2.18. The van der Waals surface area contributed by atoms with Crippen molar-refractivity contribution in [3.05, 3.63) is 35.9 Å². The summed E-state index contributed by atoms with van der Waals surface area (Å²) in [6, 6.07) is 3.69. The first-order chi connectivity index (χ1) is 8.38. The lowest BCUT2D eigenvalue weighted by Gasteiger charge is -2.06. The second kappa shape index (κ2) is 4.30. The lowest BCUT2D eigenvalue weighted by Crippen LogP contribution is -2.07. The van der Waals surface area contributed by atoms with Gasteiger partial charge in [-0.05, 0) is 24.5 Å². The Morgan fingerprint density at radius 1 is 1.59 bits per heavy atom. The Morgan fingerprint density at radius 2 is 2.53 bits per heavy atom. The van der Waals surface area contributed by atoms with E-state index in [-0.39, 0.29) is 0 Å². The fourth-order valence-electron chi connectivity index (χ4n) is 2.35. The van der Waals surface area contributed by atoms with E-state index >= 15 is 0 Å².